The first kappa shape index (κ1) is 24.0. The zero-order valence-corrected chi connectivity index (χ0v) is 18.6. The molecule has 0 saturated carbocycles. The highest BCUT2D eigenvalue weighted by molar-refractivity contribution is 7.87. The van der Waals surface area contributed by atoms with Gasteiger partial charge in [-0.25, -0.2) is 4.79 Å². The summed E-state index contributed by atoms with van der Waals surface area (Å²) in [5, 5.41) is 21.1. The van der Waals surface area contributed by atoms with Crippen LogP contribution in [0.2, 0.25) is 0 Å². The van der Waals surface area contributed by atoms with Crippen LogP contribution in [0.4, 0.5) is 5.69 Å². The van der Waals surface area contributed by atoms with Crippen LogP contribution in [0.3, 0.4) is 0 Å². The van der Waals surface area contributed by atoms with E-state index in [9.17, 15) is 28.4 Å². The number of carbonyl (C=O) groups excluding carboxylic acids is 1. The maximum atomic E-state index is 12.5. The quantitative estimate of drug-likeness (QED) is 0.283. The van der Waals surface area contributed by atoms with Crippen molar-refractivity contribution in [1.29, 1.82) is 5.26 Å². The third-order valence-electron chi connectivity index (χ3n) is 4.49. The number of hydrogen-bond donors (Lipinski definition) is 2. The van der Waals surface area contributed by atoms with Crippen LogP contribution < -0.4 is 14.2 Å². The Labute approximate surface area is 195 Å². The van der Waals surface area contributed by atoms with E-state index < -0.39 is 22.0 Å². The van der Waals surface area contributed by atoms with E-state index in [1.807, 2.05) is 0 Å². The molecule has 2 N–H and O–H groups in total. The molecule has 0 aromatic heterocycles. The van der Waals surface area contributed by atoms with Crippen LogP contribution in [0.25, 0.3) is 6.08 Å². The number of carboxylic acids is 1. The zero-order chi connectivity index (χ0) is 24.7. The second-order valence-corrected chi connectivity index (χ2v) is 8.31. The van der Waals surface area contributed by atoms with Gasteiger partial charge >= 0.3 is 16.1 Å². The molecule has 3 aromatic carbocycles. The predicted octanol–water partition coefficient (Wildman–Crippen LogP) is 3.71. The van der Waals surface area contributed by atoms with E-state index in [1.165, 1.54) is 73.8 Å². The number of anilines is 1. The Balaban J connectivity index is 1.82. The summed E-state index contributed by atoms with van der Waals surface area (Å²) in [6.45, 7) is 0. The number of carboxylic acid groups (broad SMARTS) is 1. The Morgan fingerprint density at radius 2 is 1.71 bits per heavy atom. The number of hydrogen-bond acceptors (Lipinski definition) is 7. The minimum Gasteiger partial charge on any atom is -0.497 e. The molecule has 0 unspecified atom stereocenters. The van der Waals surface area contributed by atoms with E-state index >= 15 is 0 Å². The van der Waals surface area contributed by atoms with Crippen LogP contribution in [0.5, 0.6) is 11.5 Å². The van der Waals surface area contributed by atoms with Crippen LogP contribution in [0.1, 0.15) is 15.9 Å². The number of ether oxygens (including phenoxy) is 1. The van der Waals surface area contributed by atoms with Crippen molar-refractivity contribution in [3.05, 3.63) is 89.5 Å². The smallest absolute Gasteiger partial charge is 0.339 e. The highest BCUT2D eigenvalue weighted by Gasteiger charge is 2.18. The molecule has 0 spiro atoms. The number of carbonyl (C=O) groups is 2. The predicted molar refractivity (Wildman–Crippen MR) is 123 cm³/mol. The van der Waals surface area contributed by atoms with Crippen molar-refractivity contribution < 1.29 is 32.0 Å². The van der Waals surface area contributed by atoms with E-state index in [0.29, 0.717) is 11.3 Å². The fraction of sp³-hybridized carbons (Fsp3) is 0.0417. The molecule has 0 aliphatic carbocycles. The van der Waals surface area contributed by atoms with Crippen molar-refractivity contribution in [2.24, 2.45) is 0 Å². The maximum absolute atomic E-state index is 12.5. The maximum Gasteiger partial charge on any atom is 0.339 e. The van der Waals surface area contributed by atoms with Crippen LogP contribution in [-0.4, -0.2) is 32.5 Å². The molecular weight excluding hydrogens is 460 g/mol. The highest BCUT2D eigenvalue weighted by atomic mass is 32.2. The van der Waals surface area contributed by atoms with Crippen LogP contribution in [-0.2, 0) is 14.9 Å². The van der Waals surface area contributed by atoms with Gasteiger partial charge in [-0.3, -0.25) is 4.79 Å². The Morgan fingerprint density at radius 3 is 2.35 bits per heavy atom. The second-order valence-electron chi connectivity index (χ2n) is 6.76. The summed E-state index contributed by atoms with van der Waals surface area (Å²) in [5.74, 6) is -1.60. The summed E-state index contributed by atoms with van der Waals surface area (Å²) in [6, 6.07) is 19.0. The summed E-state index contributed by atoms with van der Waals surface area (Å²) in [5.41, 5.74) is -0.105. The molecular formula is C24H18N2O7S. The van der Waals surface area contributed by atoms with Crippen molar-refractivity contribution in [3.8, 4) is 17.6 Å². The lowest BCUT2D eigenvalue weighted by Gasteiger charge is -2.09. The molecule has 0 atom stereocenters. The van der Waals surface area contributed by atoms with Gasteiger partial charge in [-0.15, -0.1) is 0 Å². The van der Waals surface area contributed by atoms with Gasteiger partial charge in [0.05, 0.1) is 18.4 Å². The molecule has 0 bridgehead atoms. The molecule has 0 fully saturated rings. The number of aromatic carboxylic acids is 1. The van der Waals surface area contributed by atoms with Gasteiger partial charge in [-0.05, 0) is 60.2 Å². The molecule has 0 saturated heterocycles. The average molecular weight is 478 g/mol. The number of benzene rings is 3. The van der Waals surface area contributed by atoms with Crippen molar-refractivity contribution in [1.82, 2.24) is 0 Å². The number of rotatable bonds is 8. The van der Waals surface area contributed by atoms with Gasteiger partial charge in [-0.1, -0.05) is 24.3 Å². The summed E-state index contributed by atoms with van der Waals surface area (Å²) >= 11 is 0. The standard InChI is InChI=1S/C24H18N2O7S/c1-32-18-9-11-20(12-10-18)34(30,31)33-19-6-4-5-16(14-19)13-17(15-25)23(27)26-22-8-3-2-7-21(22)24(28)29/h2-14H,1H3,(H,26,27)(H,28,29)/b17-13+. The average Bonchev–Trinajstić information content (AvgIpc) is 2.82. The Hall–Kier alpha value is -4.62. The number of nitriles is 1. The molecule has 3 rings (SSSR count). The van der Waals surface area contributed by atoms with E-state index in [-0.39, 0.29) is 27.5 Å². The summed E-state index contributed by atoms with van der Waals surface area (Å²) in [4.78, 5) is 23.8. The van der Waals surface area contributed by atoms with Gasteiger partial charge in [0.15, 0.2) is 0 Å². The molecule has 10 heteroatoms. The Kier molecular flexibility index (Phi) is 7.30. The first-order valence-corrected chi connectivity index (χ1v) is 11.1. The van der Waals surface area contributed by atoms with E-state index in [4.69, 9.17) is 8.92 Å². The third-order valence-corrected chi connectivity index (χ3v) is 5.76. The molecule has 1 amide bonds. The summed E-state index contributed by atoms with van der Waals surface area (Å²) < 4.78 is 35.3. The van der Waals surface area contributed by atoms with Gasteiger partial charge < -0.3 is 19.3 Å². The monoisotopic (exact) mass is 478 g/mol. The number of amides is 1. The number of nitrogens with one attached hydrogen (secondary N) is 1. The molecule has 34 heavy (non-hydrogen) atoms. The molecule has 0 aliphatic rings. The first-order chi connectivity index (χ1) is 16.2. The number of nitrogens with zero attached hydrogens (tertiary/aromatic N) is 1. The van der Waals surface area contributed by atoms with Gasteiger partial charge in [0.2, 0.25) is 0 Å². The topological polar surface area (TPSA) is 143 Å². The summed E-state index contributed by atoms with van der Waals surface area (Å²) in [6.07, 6.45) is 1.23. The minimum absolute atomic E-state index is 0.0292. The van der Waals surface area contributed by atoms with Crippen LogP contribution in [0, 0.1) is 11.3 Å². The van der Waals surface area contributed by atoms with E-state index in [1.54, 1.807) is 18.2 Å². The van der Waals surface area contributed by atoms with Crippen molar-refractivity contribution in [3.63, 3.8) is 0 Å². The summed E-state index contributed by atoms with van der Waals surface area (Å²) in [7, 11) is -2.68. The first-order valence-electron chi connectivity index (χ1n) is 9.67. The number of para-hydroxylation sites is 1. The molecule has 172 valence electrons. The van der Waals surface area contributed by atoms with Crippen molar-refractivity contribution >= 4 is 33.8 Å². The third kappa shape index (κ3) is 5.79. The zero-order valence-electron chi connectivity index (χ0n) is 17.8. The van der Waals surface area contributed by atoms with Crippen molar-refractivity contribution in [2.75, 3.05) is 12.4 Å². The van der Waals surface area contributed by atoms with Gasteiger partial charge in [-0.2, -0.15) is 13.7 Å². The Morgan fingerprint density at radius 1 is 1.00 bits per heavy atom. The van der Waals surface area contributed by atoms with Gasteiger partial charge in [0.25, 0.3) is 5.91 Å². The molecule has 0 aliphatic heterocycles. The van der Waals surface area contributed by atoms with E-state index in [2.05, 4.69) is 5.32 Å². The largest absolute Gasteiger partial charge is 0.497 e. The van der Waals surface area contributed by atoms with Gasteiger partial charge in [0, 0.05) is 0 Å². The lowest BCUT2D eigenvalue weighted by atomic mass is 10.1. The van der Waals surface area contributed by atoms with Crippen molar-refractivity contribution in [2.45, 2.75) is 4.90 Å². The lowest BCUT2D eigenvalue weighted by Crippen LogP contribution is -2.16. The SMILES string of the molecule is COc1ccc(S(=O)(=O)Oc2cccc(/C=C(\C#N)C(=O)Nc3ccccc3C(=O)O)c2)cc1. The van der Waals surface area contributed by atoms with Gasteiger partial charge in [0.1, 0.15) is 28.0 Å². The Bertz CT molecular complexity index is 1410. The van der Waals surface area contributed by atoms with Crippen LogP contribution in [0.15, 0.2) is 83.3 Å². The van der Waals surface area contributed by atoms with E-state index in [0.717, 1.165) is 0 Å². The molecule has 3 aromatic rings. The second kappa shape index (κ2) is 10.3. The lowest BCUT2D eigenvalue weighted by molar-refractivity contribution is -0.112. The fourth-order valence-electron chi connectivity index (χ4n) is 2.86. The highest BCUT2D eigenvalue weighted by Crippen LogP contribution is 2.23. The molecule has 0 heterocycles. The fourth-order valence-corrected chi connectivity index (χ4v) is 3.78. The van der Waals surface area contributed by atoms with Crippen LogP contribution >= 0.6 is 0 Å². The molecule has 9 nitrogen and oxygen atoms in total. The normalized spacial score (nSPS) is 11.2. The molecule has 0 radical (unpaired) electrons. The minimum atomic E-state index is -4.14. The number of methoxy groups -OCH3 is 1.